The van der Waals surface area contributed by atoms with Crippen molar-refractivity contribution in [2.75, 3.05) is 13.7 Å². The van der Waals surface area contributed by atoms with Crippen LogP contribution >= 0.6 is 0 Å². The number of methoxy groups -OCH3 is 1. The predicted molar refractivity (Wildman–Crippen MR) is 74.8 cm³/mol. The monoisotopic (exact) mass is 258 g/mol. The fourth-order valence-electron chi connectivity index (χ4n) is 2.06. The molecule has 2 aromatic rings. The van der Waals surface area contributed by atoms with E-state index < -0.39 is 0 Å². The van der Waals surface area contributed by atoms with E-state index in [1.165, 1.54) is 12.7 Å². The third-order valence-corrected chi connectivity index (χ3v) is 2.98. The van der Waals surface area contributed by atoms with Crippen molar-refractivity contribution in [3.63, 3.8) is 0 Å². The largest absolute Gasteiger partial charge is 0.469 e. The number of carbonyl (C=O) groups is 1. The molecule has 1 aromatic carbocycles. The zero-order chi connectivity index (χ0) is 13.7. The summed E-state index contributed by atoms with van der Waals surface area (Å²) in [6.45, 7) is 3.33. The van der Waals surface area contributed by atoms with Gasteiger partial charge in [0.15, 0.2) is 0 Å². The molecule has 1 heterocycles. The maximum absolute atomic E-state index is 11.0. The molecule has 0 aliphatic heterocycles. The molecule has 0 unspecified atom stereocenters. The smallest absolute Gasteiger partial charge is 0.306 e. The summed E-state index contributed by atoms with van der Waals surface area (Å²) in [6, 6.07) is 10.2. The lowest BCUT2D eigenvalue weighted by molar-refractivity contribution is -0.140. The van der Waals surface area contributed by atoms with E-state index in [2.05, 4.69) is 27.2 Å². The molecular weight excluding hydrogens is 240 g/mol. The van der Waals surface area contributed by atoms with Crippen molar-refractivity contribution >= 4 is 16.9 Å². The molecule has 0 radical (unpaired) electrons. The topological polar surface area (TPSA) is 51.2 Å². The summed E-state index contributed by atoms with van der Waals surface area (Å²) in [4.78, 5) is 15.5. The van der Waals surface area contributed by atoms with Crippen molar-refractivity contribution in [1.29, 1.82) is 0 Å². The van der Waals surface area contributed by atoms with Gasteiger partial charge in [0.05, 0.1) is 19.0 Å². The van der Waals surface area contributed by atoms with E-state index in [4.69, 9.17) is 0 Å². The summed E-state index contributed by atoms with van der Waals surface area (Å²) in [6.07, 6.45) is 0.387. The lowest BCUT2D eigenvalue weighted by Crippen LogP contribution is -2.18. The van der Waals surface area contributed by atoms with Gasteiger partial charge in [-0.05, 0) is 24.6 Å². The third kappa shape index (κ3) is 3.51. The minimum atomic E-state index is -0.191. The molecular formula is C15H18N2O2. The zero-order valence-electron chi connectivity index (χ0n) is 11.3. The fraction of sp³-hybridized carbons (Fsp3) is 0.333. The van der Waals surface area contributed by atoms with Gasteiger partial charge in [0.2, 0.25) is 0 Å². The van der Waals surface area contributed by atoms with Crippen molar-refractivity contribution in [1.82, 2.24) is 10.3 Å². The number of esters is 1. The van der Waals surface area contributed by atoms with Gasteiger partial charge >= 0.3 is 5.97 Å². The number of hydrogen-bond acceptors (Lipinski definition) is 4. The van der Waals surface area contributed by atoms with E-state index in [-0.39, 0.29) is 5.97 Å². The number of pyridine rings is 1. The van der Waals surface area contributed by atoms with Crippen LogP contribution in [0.1, 0.15) is 17.7 Å². The first kappa shape index (κ1) is 13.5. The molecule has 0 spiro atoms. The summed E-state index contributed by atoms with van der Waals surface area (Å²) < 4.78 is 4.60. The Balaban J connectivity index is 2.06. The van der Waals surface area contributed by atoms with E-state index >= 15 is 0 Å². The first-order chi connectivity index (χ1) is 9.20. The Kier molecular flexibility index (Phi) is 4.47. The lowest BCUT2D eigenvalue weighted by Gasteiger charge is -2.09. The Bertz CT molecular complexity index is 581. The highest BCUT2D eigenvalue weighted by molar-refractivity contribution is 5.82. The van der Waals surface area contributed by atoms with Crippen LogP contribution in [-0.4, -0.2) is 24.6 Å². The van der Waals surface area contributed by atoms with Crippen molar-refractivity contribution in [3.8, 4) is 0 Å². The van der Waals surface area contributed by atoms with E-state index in [0.717, 1.165) is 23.1 Å². The highest BCUT2D eigenvalue weighted by Crippen LogP contribution is 2.17. The van der Waals surface area contributed by atoms with Gasteiger partial charge < -0.3 is 10.1 Å². The van der Waals surface area contributed by atoms with Crippen LogP contribution in [-0.2, 0) is 16.1 Å². The quantitative estimate of drug-likeness (QED) is 0.660. The first-order valence-electron chi connectivity index (χ1n) is 6.33. The molecule has 0 amide bonds. The Labute approximate surface area is 112 Å². The molecule has 4 nitrogen and oxygen atoms in total. The van der Waals surface area contributed by atoms with Crippen LogP contribution in [0.15, 0.2) is 30.3 Å². The number of rotatable bonds is 5. The molecule has 0 bridgehead atoms. The van der Waals surface area contributed by atoms with Crippen LogP contribution in [0.5, 0.6) is 0 Å². The van der Waals surface area contributed by atoms with Crippen molar-refractivity contribution in [3.05, 3.63) is 41.6 Å². The minimum Gasteiger partial charge on any atom is -0.469 e. The van der Waals surface area contributed by atoms with Gasteiger partial charge in [-0.2, -0.15) is 0 Å². The average molecular weight is 258 g/mol. The van der Waals surface area contributed by atoms with Crippen LogP contribution in [0.4, 0.5) is 0 Å². The Morgan fingerprint density at radius 2 is 2.16 bits per heavy atom. The number of hydrogen-bond donors (Lipinski definition) is 1. The van der Waals surface area contributed by atoms with Crippen molar-refractivity contribution in [2.45, 2.75) is 19.9 Å². The van der Waals surface area contributed by atoms with Gasteiger partial charge in [-0.1, -0.05) is 18.2 Å². The summed E-state index contributed by atoms with van der Waals surface area (Å²) in [7, 11) is 1.40. The molecule has 1 aromatic heterocycles. The maximum Gasteiger partial charge on any atom is 0.306 e. The van der Waals surface area contributed by atoms with E-state index in [1.807, 2.05) is 25.1 Å². The Hall–Kier alpha value is -1.94. The van der Waals surface area contributed by atoms with Crippen LogP contribution < -0.4 is 5.32 Å². The number of carbonyl (C=O) groups excluding carboxylic acids is 1. The van der Waals surface area contributed by atoms with Gasteiger partial charge in [-0.3, -0.25) is 9.78 Å². The van der Waals surface area contributed by atoms with Gasteiger partial charge in [0.25, 0.3) is 0 Å². The van der Waals surface area contributed by atoms with Crippen molar-refractivity contribution in [2.24, 2.45) is 0 Å². The van der Waals surface area contributed by atoms with Crippen LogP contribution in [0.3, 0.4) is 0 Å². The molecule has 1 N–H and O–H groups in total. The van der Waals surface area contributed by atoms with Crippen LogP contribution in [0.25, 0.3) is 10.9 Å². The maximum atomic E-state index is 11.0. The minimum absolute atomic E-state index is 0.191. The lowest BCUT2D eigenvalue weighted by atomic mass is 10.1. The van der Waals surface area contributed by atoms with E-state index in [0.29, 0.717) is 13.0 Å². The second-order valence-electron chi connectivity index (χ2n) is 4.44. The molecule has 4 heteroatoms. The summed E-state index contributed by atoms with van der Waals surface area (Å²) in [5.41, 5.74) is 3.21. The first-order valence-corrected chi connectivity index (χ1v) is 6.33. The molecule has 0 atom stereocenters. The third-order valence-electron chi connectivity index (χ3n) is 2.98. The molecule has 2 rings (SSSR count). The second-order valence-corrected chi connectivity index (χ2v) is 4.44. The highest BCUT2D eigenvalue weighted by atomic mass is 16.5. The van der Waals surface area contributed by atoms with Crippen molar-refractivity contribution < 1.29 is 9.53 Å². The number of para-hydroxylation sites is 1. The number of aryl methyl sites for hydroxylation is 1. The Morgan fingerprint density at radius 1 is 1.37 bits per heavy atom. The summed E-state index contributed by atoms with van der Waals surface area (Å²) in [5, 5.41) is 4.41. The summed E-state index contributed by atoms with van der Waals surface area (Å²) in [5.74, 6) is -0.191. The second kappa shape index (κ2) is 6.29. The molecule has 19 heavy (non-hydrogen) atoms. The fourth-order valence-corrected chi connectivity index (χ4v) is 2.06. The molecule has 100 valence electrons. The van der Waals surface area contributed by atoms with Gasteiger partial charge in [0, 0.05) is 24.2 Å². The predicted octanol–water partition coefficient (Wildman–Crippen LogP) is 2.20. The number of aromatic nitrogens is 1. The number of benzene rings is 1. The molecule has 0 fully saturated rings. The molecule has 0 aliphatic carbocycles. The molecule has 0 saturated heterocycles. The van der Waals surface area contributed by atoms with Crippen LogP contribution in [0, 0.1) is 6.92 Å². The normalized spacial score (nSPS) is 10.6. The molecule has 0 aliphatic rings. The van der Waals surface area contributed by atoms with Gasteiger partial charge in [-0.25, -0.2) is 0 Å². The SMILES string of the molecule is COC(=O)CCNCc1cc(C)nc2ccccc12. The zero-order valence-corrected chi connectivity index (χ0v) is 11.3. The summed E-state index contributed by atoms with van der Waals surface area (Å²) >= 11 is 0. The van der Waals surface area contributed by atoms with E-state index in [1.54, 1.807) is 0 Å². The van der Waals surface area contributed by atoms with Crippen LogP contribution in [0.2, 0.25) is 0 Å². The number of nitrogens with one attached hydrogen (secondary N) is 1. The number of ether oxygens (including phenoxy) is 1. The Morgan fingerprint density at radius 3 is 2.95 bits per heavy atom. The number of fused-ring (bicyclic) bond motifs is 1. The van der Waals surface area contributed by atoms with E-state index in [9.17, 15) is 4.79 Å². The number of nitrogens with zero attached hydrogens (tertiary/aromatic N) is 1. The standard InChI is InChI=1S/C15H18N2O2/c1-11-9-12(10-16-8-7-15(18)19-2)13-5-3-4-6-14(13)17-11/h3-6,9,16H,7-8,10H2,1-2H3. The van der Waals surface area contributed by atoms with Gasteiger partial charge in [0.1, 0.15) is 0 Å². The van der Waals surface area contributed by atoms with Gasteiger partial charge in [-0.15, -0.1) is 0 Å². The molecule has 0 saturated carbocycles. The highest BCUT2D eigenvalue weighted by Gasteiger charge is 2.04. The average Bonchev–Trinajstić information content (AvgIpc) is 2.42.